The Morgan fingerprint density at radius 3 is 2.41 bits per heavy atom. The summed E-state index contributed by atoms with van der Waals surface area (Å²) in [5, 5.41) is 0. The largest absolute Gasteiger partial charge is 0.496 e. The number of hydrogen-bond donors (Lipinski definition) is 0. The van der Waals surface area contributed by atoms with Crippen LogP contribution in [0.25, 0.3) is 11.1 Å². The van der Waals surface area contributed by atoms with Crippen molar-refractivity contribution in [1.82, 2.24) is 4.57 Å². The van der Waals surface area contributed by atoms with Gasteiger partial charge in [0.25, 0.3) is 5.56 Å². The Balaban J connectivity index is 2.17. The van der Waals surface area contributed by atoms with Gasteiger partial charge in [0.1, 0.15) is 17.2 Å². The molecule has 0 bridgehead atoms. The molecule has 0 radical (unpaired) electrons. The molecule has 0 aliphatic heterocycles. The molecule has 3 aromatic rings. The Kier molecular flexibility index (Phi) is 7.09. The lowest BCUT2D eigenvalue weighted by atomic mass is 10.0. The van der Waals surface area contributed by atoms with Crippen molar-refractivity contribution in [1.29, 1.82) is 0 Å². The SMILES string of the molecule is CCS(=O)(=O)Cc1ccc(Oc2cccc(C(C)C)c2)c(-c2cn(C)c(=O)cc2OC)c1. The van der Waals surface area contributed by atoms with E-state index in [9.17, 15) is 13.2 Å². The fourth-order valence-electron chi connectivity index (χ4n) is 3.37. The zero-order chi connectivity index (χ0) is 23.5. The summed E-state index contributed by atoms with van der Waals surface area (Å²) >= 11 is 0. The van der Waals surface area contributed by atoms with Gasteiger partial charge >= 0.3 is 0 Å². The highest BCUT2D eigenvalue weighted by Gasteiger charge is 2.18. The zero-order valence-corrected chi connectivity index (χ0v) is 19.9. The zero-order valence-electron chi connectivity index (χ0n) is 19.1. The van der Waals surface area contributed by atoms with E-state index in [4.69, 9.17) is 9.47 Å². The van der Waals surface area contributed by atoms with Crippen molar-refractivity contribution in [3.05, 3.63) is 76.2 Å². The molecule has 0 fully saturated rings. The molecule has 0 N–H and O–H groups in total. The van der Waals surface area contributed by atoms with Gasteiger partial charge in [-0.1, -0.05) is 39.0 Å². The molecule has 0 saturated carbocycles. The molecule has 0 unspecified atom stereocenters. The molecule has 0 spiro atoms. The second-order valence-corrected chi connectivity index (χ2v) is 10.4. The van der Waals surface area contributed by atoms with Crippen LogP contribution >= 0.6 is 0 Å². The molecule has 1 aromatic heterocycles. The van der Waals surface area contributed by atoms with Crippen molar-refractivity contribution >= 4 is 9.84 Å². The van der Waals surface area contributed by atoms with Crippen molar-refractivity contribution < 1.29 is 17.9 Å². The Morgan fingerprint density at radius 1 is 1.00 bits per heavy atom. The van der Waals surface area contributed by atoms with Gasteiger partial charge in [0.2, 0.25) is 0 Å². The molecular weight excluding hydrogens is 426 g/mol. The average Bonchev–Trinajstić information content (AvgIpc) is 2.76. The standard InChI is InChI=1S/C25H29NO5S/c1-6-32(28,29)16-18-10-11-23(31-20-9-7-8-19(13-20)17(2)3)21(12-18)22-15-26(4)25(27)14-24(22)30-5/h7-15,17H,6,16H2,1-5H3. The van der Waals surface area contributed by atoms with E-state index < -0.39 is 9.84 Å². The van der Waals surface area contributed by atoms with Crippen LogP contribution in [0.5, 0.6) is 17.2 Å². The number of hydrogen-bond acceptors (Lipinski definition) is 5. The quantitative estimate of drug-likeness (QED) is 0.482. The van der Waals surface area contributed by atoms with Crippen molar-refractivity contribution in [2.24, 2.45) is 7.05 Å². The third-order valence-electron chi connectivity index (χ3n) is 5.32. The predicted molar refractivity (Wildman–Crippen MR) is 127 cm³/mol. The van der Waals surface area contributed by atoms with Gasteiger partial charge in [-0.15, -0.1) is 0 Å². The first-order valence-corrected chi connectivity index (χ1v) is 12.3. The first-order chi connectivity index (χ1) is 15.1. The summed E-state index contributed by atoms with van der Waals surface area (Å²) in [4.78, 5) is 12.1. The molecule has 0 saturated heterocycles. The van der Waals surface area contributed by atoms with Crippen LogP contribution in [-0.2, 0) is 22.6 Å². The first kappa shape index (κ1) is 23.6. The van der Waals surface area contributed by atoms with E-state index in [1.54, 1.807) is 38.4 Å². The lowest BCUT2D eigenvalue weighted by Crippen LogP contribution is -2.15. The van der Waals surface area contributed by atoms with Crippen molar-refractivity contribution in [2.75, 3.05) is 12.9 Å². The molecule has 0 atom stereocenters. The normalized spacial score (nSPS) is 11.6. The second kappa shape index (κ2) is 9.61. The van der Waals surface area contributed by atoms with Gasteiger partial charge in [-0.3, -0.25) is 4.79 Å². The van der Waals surface area contributed by atoms with E-state index in [0.29, 0.717) is 39.9 Å². The van der Waals surface area contributed by atoms with Gasteiger partial charge in [-0.05, 0) is 41.3 Å². The average molecular weight is 456 g/mol. The van der Waals surface area contributed by atoms with Crippen LogP contribution in [0.15, 0.2) is 59.5 Å². The highest BCUT2D eigenvalue weighted by molar-refractivity contribution is 7.90. The van der Waals surface area contributed by atoms with E-state index >= 15 is 0 Å². The summed E-state index contributed by atoms with van der Waals surface area (Å²) in [6.45, 7) is 5.86. The van der Waals surface area contributed by atoms with Crippen LogP contribution in [0.4, 0.5) is 0 Å². The minimum atomic E-state index is -3.22. The fourth-order valence-corrected chi connectivity index (χ4v) is 4.26. The smallest absolute Gasteiger partial charge is 0.254 e. The van der Waals surface area contributed by atoms with Gasteiger partial charge < -0.3 is 14.0 Å². The summed E-state index contributed by atoms with van der Waals surface area (Å²) in [6, 6.07) is 14.6. The minimum absolute atomic E-state index is 0.0612. The lowest BCUT2D eigenvalue weighted by Gasteiger charge is -2.17. The monoisotopic (exact) mass is 455 g/mol. The molecule has 2 aromatic carbocycles. The number of sulfone groups is 1. The number of aryl methyl sites for hydroxylation is 1. The van der Waals surface area contributed by atoms with Crippen molar-refractivity contribution in [3.63, 3.8) is 0 Å². The summed E-state index contributed by atoms with van der Waals surface area (Å²) in [6.07, 6.45) is 1.67. The third-order valence-corrected chi connectivity index (χ3v) is 6.98. The second-order valence-electron chi connectivity index (χ2n) is 8.04. The molecule has 0 aliphatic rings. The maximum absolute atomic E-state index is 12.2. The number of ether oxygens (including phenoxy) is 2. The van der Waals surface area contributed by atoms with Gasteiger partial charge in [-0.2, -0.15) is 0 Å². The maximum Gasteiger partial charge on any atom is 0.254 e. The molecule has 3 rings (SSSR count). The predicted octanol–water partition coefficient (Wildman–Crippen LogP) is 4.91. The topological polar surface area (TPSA) is 74.6 Å². The van der Waals surface area contributed by atoms with Crippen LogP contribution in [0.3, 0.4) is 0 Å². The molecule has 0 amide bonds. The van der Waals surface area contributed by atoms with Gasteiger partial charge in [0, 0.05) is 36.2 Å². The Hall–Kier alpha value is -3.06. The van der Waals surface area contributed by atoms with Gasteiger partial charge in [0.05, 0.1) is 12.9 Å². The number of pyridine rings is 1. The molecule has 1 heterocycles. The summed E-state index contributed by atoms with van der Waals surface area (Å²) in [5.41, 5.74) is 2.87. The molecule has 0 aliphatic carbocycles. The molecule has 7 heteroatoms. The molecule has 170 valence electrons. The fraction of sp³-hybridized carbons (Fsp3) is 0.320. The van der Waals surface area contributed by atoms with E-state index in [1.807, 2.05) is 24.3 Å². The lowest BCUT2D eigenvalue weighted by molar-refractivity contribution is 0.414. The summed E-state index contributed by atoms with van der Waals surface area (Å²) < 4.78 is 37.6. The van der Waals surface area contributed by atoms with E-state index in [0.717, 1.165) is 5.56 Å². The molecule has 32 heavy (non-hydrogen) atoms. The minimum Gasteiger partial charge on any atom is -0.496 e. The van der Waals surface area contributed by atoms with E-state index in [-0.39, 0.29) is 17.1 Å². The van der Waals surface area contributed by atoms with Gasteiger partial charge in [0.15, 0.2) is 9.84 Å². The highest BCUT2D eigenvalue weighted by atomic mass is 32.2. The van der Waals surface area contributed by atoms with Crippen LogP contribution in [-0.4, -0.2) is 25.8 Å². The highest BCUT2D eigenvalue weighted by Crippen LogP contribution is 2.39. The van der Waals surface area contributed by atoms with Crippen molar-refractivity contribution in [3.8, 4) is 28.4 Å². The number of benzene rings is 2. The number of rotatable bonds is 8. The Labute approximate surface area is 189 Å². The number of aromatic nitrogens is 1. The Bertz CT molecular complexity index is 1280. The number of methoxy groups -OCH3 is 1. The van der Waals surface area contributed by atoms with E-state index in [1.165, 1.54) is 17.7 Å². The van der Waals surface area contributed by atoms with Crippen molar-refractivity contribution in [2.45, 2.75) is 32.4 Å². The third kappa shape index (κ3) is 5.40. The van der Waals surface area contributed by atoms with Crippen LogP contribution in [0, 0.1) is 0 Å². The first-order valence-electron chi connectivity index (χ1n) is 10.5. The molecular formula is C25H29NO5S. The van der Waals surface area contributed by atoms with E-state index in [2.05, 4.69) is 13.8 Å². The molecule has 6 nitrogen and oxygen atoms in total. The number of nitrogens with zero attached hydrogens (tertiary/aromatic N) is 1. The summed E-state index contributed by atoms with van der Waals surface area (Å²) in [7, 11) is -0.0638. The van der Waals surface area contributed by atoms with Gasteiger partial charge in [-0.25, -0.2) is 8.42 Å². The van der Waals surface area contributed by atoms with Crippen LogP contribution < -0.4 is 15.0 Å². The van der Waals surface area contributed by atoms with Crippen LogP contribution in [0.1, 0.15) is 37.8 Å². The van der Waals surface area contributed by atoms with Crippen LogP contribution in [0.2, 0.25) is 0 Å². The Morgan fingerprint density at radius 2 is 1.75 bits per heavy atom. The summed E-state index contributed by atoms with van der Waals surface area (Å²) in [5.74, 6) is 1.95. The maximum atomic E-state index is 12.2.